The van der Waals surface area contributed by atoms with Crippen LogP contribution < -0.4 is 14.2 Å². The molecule has 1 heterocycles. The molecule has 1 aliphatic carbocycles. The van der Waals surface area contributed by atoms with Crippen LogP contribution in [0.1, 0.15) is 53.3 Å². The van der Waals surface area contributed by atoms with Crippen molar-refractivity contribution < 1.29 is 34.0 Å². The molecule has 0 unspecified atom stereocenters. The van der Waals surface area contributed by atoms with E-state index in [1.165, 1.54) is 13.2 Å². The summed E-state index contributed by atoms with van der Waals surface area (Å²) in [5.41, 5.74) is 1.86. The number of benzene rings is 2. The van der Waals surface area contributed by atoms with Crippen LogP contribution >= 0.6 is 0 Å². The molecular formula is C26H32N2O7. The quantitative estimate of drug-likeness (QED) is 0.442. The zero-order valence-electron chi connectivity index (χ0n) is 20.5. The first-order valence-corrected chi connectivity index (χ1v) is 11.7. The van der Waals surface area contributed by atoms with Crippen molar-refractivity contribution in [2.24, 2.45) is 0 Å². The second-order valence-corrected chi connectivity index (χ2v) is 8.85. The third-order valence-electron chi connectivity index (χ3n) is 6.60. The average molecular weight is 485 g/mol. The molecule has 9 heteroatoms. The molecule has 0 spiro atoms. The highest BCUT2D eigenvalue weighted by molar-refractivity contribution is 6.02. The van der Waals surface area contributed by atoms with E-state index in [4.69, 9.17) is 18.9 Å². The van der Waals surface area contributed by atoms with Crippen molar-refractivity contribution in [2.45, 2.75) is 57.5 Å². The number of aromatic carboxylic acids is 1. The fraction of sp³-hybridized carbons (Fsp3) is 0.462. The number of aliphatic hydroxyl groups is 1. The largest absolute Gasteiger partial charge is 0.497 e. The number of methoxy groups -OCH3 is 3. The van der Waals surface area contributed by atoms with Gasteiger partial charge in [0.15, 0.2) is 0 Å². The summed E-state index contributed by atoms with van der Waals surface area (Å²) < 4.78 is 24.3. The fourth-order valence-electron chi connectivity index (χ4n) is 4.70. The van der Waals surface area contributed by atoms with E-state index >= 15 is 0 Å². The SMILES string of the molecule is COc1cc(C(=O)O)c2nn(C[C@H](OC3CCCC3)[C@H](O)c3cc(OC)c(C)c(OC)c3)cc2c1. The number of carboxylic acids is 1. The zero-order valence-corrected chi connectivity index (χ0v) is 20.5. The monoisotopic (exact) mass is 484 g/mol. The molecule has 1 saturated carbocycles. The van der Waals surface area contributed by atoms with Crippen LogP contribution in [0.5, 0.6) is 17.2 Å². The van der Waals surface area contributed by atoms with Gasteiger partial charge in [0.25, 0.3) is 0 Å². The highest BCUT2D eigenvalue weighted by Crippen LogP contribution is 2.35. The number of nitrogens with zero attached hydrogens (tertiary/aromatic N) is 2. The summed E-state index contributed by atoms with van der Waals surface area (Å²) in [6, 6.07) is 6.78. The van der Waals surface area contributed by atoms with Crippen molar-refractivity contribution in [3.63, 3.8) is 0 Å². The Balaban J connectivity index is 1.70. The number of carbonyl (C=O) groups is 1. The van der Waals surface area contributed by atoms with Gasteiger partial charge in [0, 0.05) is 17.1 Å². The van der Waals surface area contributed by atoms with Gasteiger partial charge in [0.2, 0.25) is 0 Å². The third kappa shape index (κ3) is 5.21. The second kappa shape index (κ2) is 10.5. The van der Waals surface area contributed by atoms with Crippen LogP contribution in [-0.2, 0) is 11.3 Å². The van der Waals surface area contributed by atoms with E-state index in [0.717, 1.165) is 31.2 Å². The summed E-state index contributed by atoms with van der Waals surface area (Å²) in [7, 11) is 4.64. The highest BCUT2D eigenvalue weighted by atomic mass is 16.5. The van der Waals surface area contributed by atoms with Crippen molar-refractivity contribution >= 4 is 16.9 Å². The van der Waals surface area contributed by atoms with Gasteiger partial charge in [-0.1, -0.05) is 12.8 Å². The molecule has 35 heavy (non-hydrogen) atoms. The van der Waals surface area contributed by atoms with E-state index in [2.05, 4.69) is 5.10 Å². The summed E-state index contributed by atoms with van der Waals surface area (Å²) in [6.07, 6.45) is 4.23. The molecule has 2 atom stereocenters. The van der Waals surface area contributed by atoms with Crippen LogP contribution in [0.4, 0.5) is 0 Å². The molecule has 9 nitrogen and oxygen atoms in total. The van der Waals surface area contributed by atoms with Crippen LogP contribution in [0.15, 0.2) is 30.5 Å². The Morgan fingerprint density at radius 1 is 1.09 bits per heavy atom. The van der Waals surface area contributed by atoms with E-state index in [1.54, 1.807) is 43.3 Å². The maximum atomic E-state index is 11.8. The first-order valence-electron chi connectivity index (χ1n) is 11.7. The maximum absolute atomic E-state index is 11.8. The minimum Gasteiger partial charge on any atom is -0.497 e. The molecule has 0 radical (unpaired) electrons. The summed E-state index contributed by atoms with van der Waals surface area (Å²) >= 11 is 0. The molecule has 188 valence electrons. The second-order valence-electron chi connectivity index (χ2n) is 8.85. The molecule has 0 amide bonds. The minimum atomic E-state index is -1.09. The van der Waals surface area contributed by atoms with Crippen molar-refractivity contribution in [1.29, 1.82) is 0 Å². The lowest BCUT2D eigenvalue weighted by Gasteiger charge is -2.27. The summed E-state index contributed by atoms with van der Waals surface area (Å²) in [5, 5.41) is 26.2. The smallest absolute Gasteiger partial charge is 0.338 e. The lowest BCUT2D eigenvalue weighted by Crippen LogP contribution is -2.31. The van der Waals surface area contributed by atoms with Crippen LogP contribution in [0.2, 0.25) is 0 Å². The number of aliphatic hydroxyl groups excluding tert-OH is 1. The van der Waals surface area contributed by atoms with Gasteiger partial charge in [-0.3, -0.25) is 4.68 Å². The molecule has 1 aliphatic rings. The molecule has 0 bridgehead atoms. The molecular weight excluding hydrogens is 452 g/mol. The van der Waals surface area contributed by atoms with Crippen LogP contribution in [0, 0.1) is 6.92 Å². The van der Waals surface area contributed by atoms with E-state index in [0.29, 0.717) is 33.7 Å². The van der Waals surface area contributed by atoms with E-state index in [-0.39, 0.29) is 18.2 Å². The number of hydrogen-bond donors (Lipinski definition) is 2. The topological polar surface area (TPSA) is 112 Å². The van der Waals surface area contributed by atoms with Gasteiger partial charge >= 0.3 is 5.97 Å². The number of hydrogen-bond acceptors (Lipinski definition) is 7. The lowest BCUT2D eigenvalue weighted by molar-refractivity contribution is -0.0845. The molecule has 2 N–H and O–H groups in total. The summed E-state index contributed by atoms with van der Waals surface area (Å²) in [5.74, 6) is 0.575. The minimum absolute atomic E-state index is 0.0449. The molecule has 1 aromatic heterocycles. The van der Waals surface area contributed by atoms with Crippen molar-refractivity contribution in [3.8, 4) is 17.2 Å². The van der Waals surface area contributed by atoms with Gasteiger partial charge in [-0.05, 0) is 49.6 Å². The van der Waals surface area contributed by atoms with Crippen molar-refractivity contribution in [2.75, 3.05) is 21.3 Å². The fourth-order valence-corrected chi connectivity index (χ4v) is 4.70. The van der Waals surface area contributed by atoms with E-state index in [1.807, 2.05) is 6.92 Å². The Kier molecular flexibility index (Phi) is 7.47. The number of aromatic nitrogens is 2. The molecule has 0 aliphatic heterocycles. The standard InChI is InChI=1S/C26H32N2O7/c1-15-21(33-3)10-16(11-22(15)34-4)25(29)23(35-18-7-5-6-8-18)14-28-13-17-9-19(32-2)12-20(26(30)31)24(17)27-28/h9-13,18,23,25,29H,5-8,14H2,1-4H3,(H,30,31)/t23-,25+/m0/s1. The Morgan fingerprint density at radius 2 is 1.74 bits per heavy atom. The Hall–Kier alpha value is -3.30. The Labute approximate surface area is 204 Å². The van der Waals surface area contributed by atoms with E-state index < -0.39 is 18.2 Å². The first kappa shape index (κ1) is 24.8. The summed E-state index contributed by atoms with van der Waals surface area (Å²) in [6.45, 7) is 2.12. The van der Waals surface area contributed by atoms with Gasteiger partial charge in [0.05, 0.1) is 39.5 Å². The van der Waals surface area contributed by atoms with Crippen molar-refractivity contribution in [1.82, 2.24) is 9.78 Å². The normalized spacial score (nSPS) is 15.8. The highest BCUT2D eigenvalue weighted by Gasteiger charge is 2.29. The molecule has 3 aromatic rings. The van der Waals surface area contributed by atoms with Crippen LogP contribution in [-0.4, -0.2) is 59.5 Å². The molecule has 4 rings (SSSR count). The number of ether oxygens (including phenoxy) is 4. The van der Waals surface area contributed by atoms with Gasteiger partial charge in [0.1, 0.15) is 35.0 Å². The zero-order chi connectivity index (χ0) is 25.1. The van der Waals surface area contributed by atoms with E-state index in [9.17, 15) is 15.0 Å². The van der Waals surface area contributed by atoms with Gasteiger partial charge < -0.3 is 29.2 Å². The Bertz CT molecular complexity index is 1170. The average Bonchev–Trinajstić information content (AvgIpc) is 3.51. The van der Waals surface area contributed by atoms with Crippen molar-refractivity contribution in [3.05, 3.63) is 47.2 Å². The third-order valence-corrected chi connectivity index (χ3v) is 6.60. The predicted octanol–water partition coefficient (Wildman–Crippen LogP) is 4.13. The molecule has 2 aromatic carbocycles. The molecule has 1 fully saturated rings. The van der Waals surface area contributed by atoms with Gasteiger partial charge in [-0.2, -0.15) is 5.10 Å². The number of rotatable bonds is 10. The van der Waals surface area contributed by atoms with Crippen LogP contribution in [0.25, 0.3) is 10.9 Å². The summed E-state index contributed by atoms with van der Waals surface area (Å²) in [4.78, 5) is 11.8. The first-order chi connectivity index (χ1) is 16.8. The molecule has 0 saturated heterocycles. The maximum Gasteiger partial charge on any atom is 0.338 e. The number of carboxylic acid groups (broad SMARTS) is 1. The lowest BCUT2D eigenvalue weighted by atomic mass is 10.0. The Morgan fingerprint density at radius 3 is 2.31 bits per heavy atom. The van der Waals surface area contributed by atoms with Gasteiger partial charge in [-0.25, -0.2) is 4.79 Å². The van der Waals surface area contributed by atoms with Crippen LogP contribution in [0.3, 0.4) is 0 Å². The van der Waals surface area contributed by atoms with Gasteiger partial charge in [-0.15, -0.1) is 0 Å². The number of fused-ring (bicyclic) bond motifs is 1. The predicted molar refractivity (Wildman–Crippen MR) is 130 cm³/mol.